The smallest absolute Gasteiger partial charge is 0.114 e. The van der Waals surface area contributed by atoms with Gasteiger partial charge in [0.1, 0.15) is 8.07 Å². The minimum atomic E-state index is -1.90. The Morgan fingerprint density at radius 3 is 1.96 bits per heavy atom. The van der Waals surface area contributed by atoms with E-state index in [1.165, 1.54) is 54.6 Å². The van der Waals surface area contributed by atoms with E-state index in [1.807, 2.05) is 12.3 Å². The van der Waals surface area contributed by atoms with Crippen LogP contribution in [0.3, 0.4) is 0 Å². The molecule has 0 spiro atoms. The molecule has 0 bridgehead atoms. The Morgan fingerprint density at radius 1 is 0.447 bits per heavy atom. The van der Waals surface area contributed by atoms with Crippen LogP contribution in [0.25, 0.3) is 87.6 Å². The van der Waals surface area contributed by atoms with E-state index in [0.29, 0.717) is 0 Å². The summed E-state index contributed by atoms with van der Waals surface area (Å²) in [7, 11) is -1.90. The Morgan fingerprint density at radius 2 is 1.09 bits per heavy atom. The summed E-state index contributed by atoms with van der Waals surface area (Å²) >= 11 is 0. The zero-order chi connectivity index (χ0) is 31.3. The predicted molar refractivity (Wildman–Crippen MR) is 203 cm³/mol. The highest BCUT2D eigenvalue weighted by molar-refractivity contribution is 7.05. The molecule has 0 unspecified atom stereocenters. The van der Waals surface area contributed by atoms with Gasteiger partial charge in [-0.15, -0.1) is 0 Å². The summed E-state index contributed by atoms with van der Waals surface area (Å²) in [6, 6.07) is 51.3. The maximum absolute atomic E-state index is 5.22. The average Bonchev–Trinajstić information content (AvgIpc) is 3.36. The molecule has 47 heavy (non-hydrogen) atoms. The summed E-state index contributed by atoms with van der Waals surface area (Å²) in [6.45, 7) is 5.04. The summed E-state index contributed by atoms with van der Waals surface area (Å²) in [6.07, 6.45) is 1.85. The number of benzene rings is 7. The Kier molecular flexibility index (Phi) is 5.47. The maximum Gasteiger partial charge on any atom is 0.114 e. The van der Waals surface area contributed by atoms with E-state index < -0.39 is 8.07 Å². The highest BCUT2D eigenvalue weighted by Crippen LogP contribution is 2.42. The van der Waals surface area contributed by atoms with Crippen LogP contribution in [-0.4, -0.2) is 18.0 Å². The van der Waals surface area contributed by atoms with Gasteiger partial charge in [-0.25, -0.2) is 4.98 Å². The Bertz CT molecular complexity index is 2780. The SMILES string of the molecule is C[Si]1(C)c2ccccc2-c2ccc3cc(-c4cccc5c(-c6ccc7ccc8cccnc8c7n6)cccc45)c4ccccc4c3c21. The lowest BCUT2D eigenvalue weighted by Gasteiger charge is -2.23. The molecule has 1 aliphatic rings. The van der Waals surface area contributed by atoms with Gasteiger partial charge in [-0.2, -0.15) is 0 Å². The zero-order valence-corrected chi connectivity index (χ0v) is 27.3. The second kappa shape index (κ2) is 9.68. The number of hydrogen-bond acceptors (Lipinski definition) is 2. The van der Waals surface area contributed by atoms with E-state index >= 15 is 0 Å². The van der Waals surface area contributed by atoms with Crippen LogP contribution in [0.5, 0.6) is 0 Å². The topological polar surface area (TPSA) is 25.8 Å². The van der Waals surface area contributed by atoms with Crippen LogP contribution >= 0.6 is 0 Å². The molecule has 2 aromatic heterocycles. The lowest BCUT2D eigenvalue weighted by molar-refractivity contribution is 1.37. The molecule has 2 nitrogen and oxygen atoms in total. The zero-order valence-electron chi connectivity index (χ0n) is 26.3. The van der Waals surface area contributed by atoms with Crippen LogP contribution in [0.1, 0.15) is 0 Å². The standard InChI is InChI=1S/C44H30N2Si/c1-47(2)40-18-6-5-12-35(40)37-23-21-29-26-38(33-11-3-4-13-36(33)41(29)44(37)47)32-16-7-15-31-30(32)14-8-17-34(31)39-24-22-28-20-19-27-10-9-25-45-42(27)43(28)46-39/h3-26H,1-2H3. The van der Waals surface area contributed by atoms with E-state index in [1.54, 1.807) is 10.4 Å². The van der Waals surface area contributed by atoms with Crippen molar-refractivity contribution in [2.24, 2.45) is 0 Å². The maximum atomic E-state index is 5.22. The van der Waals surface area contributed by atoms with Gasteiger partial charge in [0, 0.05) is 22.5 Å². The van der Waals surface area contributed by atoms with E-state index in [2.05, 4.69) is 147 Å². The number of fused-ring (bicyclic) bond motifs is 11. The molecule has 0 radical (unpaired) electrons. The minimum absolute atomic E-state index is 0.940. The van der Waals surface area contributed by atoms with E-state index in [9.17, 15) is 0 Å². The fraction of sp³-hybridized carbons (Fsp3) is 0.0455. The van der Waals surface area contributed by atoms with Crippen LogP contribution < -0.4 is 10.4 Å². The van der Waals surface area contributed by atoms with E-state index in [0.717, 1.165) is 33.1 Å². The molecule has 3 heteroatoms. The van der Waals surface area contributed by atoms with Gasteiger partial charge in [0.2, 0.25) is 0 Å². The summed E-state index contributed by atoms with van der Waals surface area (Å²) in [4.78, 5) is 9.92. The fourth-order valence-corrected chi connectivity index (χ4v) is 11.8. The van der Waals surface area contributed by atoms with Gasteiger partial charge in [-0.1, -0.05) is 134 Å². The van der Waals surface area contributed by atoms with Crippen molar-refractivity contribution in [1.82, 2.24) is 9.97 Å². The predicted octanol–water partition coefficient (Wildman–Crippen LogP) is 10.4. The Balaban J connectivity index is 1.22. The van der Waals surface area contributed by atoms with Gasteiger partial charge in [0.15, 0.2) is 0 Å². The van der Waals surface area contributed by atoms with Crippen molar-refractivity contribution >= 4 is 72.6 Å². The lowest BCUT2D eigenvalue weighted by Crippen LogP contribution is -2.49. The second-order valence-corrected chi connectivity index (χ2v) is 17.6. The van der Waals surface area contributed by atoms with Gasteiger partial charge in [-0.05, 0) is 83.1 Å². The molecule has 9 aromatic rings. The van der Waals surface area contributed by atoms with Crippen LogP contribution in [0.15, 0.2) is 146 Å². The molecule has 0 fully saturated rings. The van der Waals surface area contributed by atoms with Crippen LogP contribution in [0.4, 0.5) is 0 Å². The monoisotopic (exact) mass is 614 g/mol. The molecular formula is C44H30N2Si. The lowest BCUT2D eigenvalue weighted by atomic mass is 9.88. The molecule has 7 aromatic carbocycles. The number of aromatic nitrogens is 2. The second-order valence-electron chi connectivity index (χ2n) is 13.3. The van der Waals surface area contributed by atoms with Gasteiger partial charge >= 0.3 is 0 Å². The first-order valence-corrected chi connectivity index (χ1v) is 19.3. The molecule has 0 saturated carbocycles. The summed E-state index contributed by atoms with van der Waals surface area (Å²) in [5, 5.41) is 13.1. The number of rotatable bonds is 2. The summed E-state index contributed by atoms with van der Waals surface area (Å²) in [5.41, 5.74) is 9.33. The molecule has 0 saturated heterocycles. The van der Waals surface area contributed by atoms with Gasteiger partial charge in [0.05, 0.1) is 16.7 Å². The van der Waals surface area contributed by atoms with E-state index in [-0.39, 0.29) is 0 Å². The normalized spacial score (nSPS) is 13.5. The molecule has 0 amide bonds. The number of nitrogens with zero attached hydrogens (tertiary/aromatic N) is 2. The highest BCUT2D eigenvalue weighted by Gasteiger charge is 2.39. The van der Waals surface area contributed by atoms with Crippen molar-refractivity contribution in [2.75, 3.05) is 0 Å². The van der Waals surface area contributed by atoms with Crippen LogP contribution in [0, 0.1) is 0 Å². The third-order valence-corrected chi connectivity index (χ3v) is 14.0. The first-order chi connectivity index (χ1) is 23.1. The fourth-order valence-electron chi connectivity index (χ4n) is 8.33. The molecule has 1 aliphatic heterocycles. The summed E-state index contributed by atoms with van der Waals surface area (Å²) < 4.78 is 0. The van der Waals surface area contributed by atoms with Crippen molar-refractivity contribution in [3.63, 3.8) is 0 Å². The molecule has 0 atom stereocenters. The van der Waals surface area contributed by atoms with Crippen LogP contribution in [-0.2, 0) is 0 Å². The van der Waals surface area contributed by atoms with Gasteiger partial charge in [0.25, 0.3) is 0 Å². The molecule has 220 valence electrons. The molecule has 0 N–H and O–H groups in total. The molecule has 10 rings (SSSR count). The molecule has 0 aliphatic carbocycles. The summed E-state index contributed by atoms with van der Waals surface area (Å²) in [5.74, 6) is 0. The highest BCUT2D eigenvalue weighted by atomic mass is 28.3. The first kappa shape index (κ1) is 26.6. The third kappa shape index (κ3) is 3.72. The number of hydrogen-bond donors (Lipinski definition) is 0. The van der Waals surface area contributed by atoms with Gasteiger partial charge < -0.3 is 0 Å². The molecular weight excluding hydrogens is 585 g/mol. The third-order valence-electron chi connectivity index (χ3n) is 10.5. The first-order valence-electron chi connectivity index (χ1n) is 16.3. The quantitative estimate of drug-likeness (QED) is 0.143. The van der Waals surface area contributed by atoms with Crippen molar-refractivity contribution in [2.45, 2.75) is 13.1 Å². The van der Waals surface area contributed by atoms with Crippen molar-refractivity contribution in [3.8, 4) is 33.5 Å². The van der Waals surface area contributed by atoms with Gasteiger partial charge in [-0.3, -0.25) is 4.98 Å². The number of pyridine rings is 2. The average molecular weight is 615 g/mol. The Hall–Kier alpha value is -5.64. The van der Waals surface area contributed by atoms with E-state index in [4.69, 9.17) is 9.97 Å². The minimum Gasteiger partial charge on any atom is -0.254 e. The van der Waals surface area contributed by atoms with Crippen LogP contribution in [0.2, 0.25) is 13.1 Å². The Labute approximate surface area is 274 Å². The van der Waals surface area contributed by atoms with Crippen molar-refractivity contribution < 1.29 is 0 Å². The largest absolute Gasteiger partial charge is 0.254 e. The molecule has 3 heterocycles. The van der Waals surface area contributed by atoms with Crippen molar-refractivity contribution in [1.29, 1.82) is 0 Å². The van der Waals surface area contributed by atoms with Crippen molar-refractivity contribution in [3.05, 3.63) is 146 Å².